The van der Waals surface area contributed by atoms with E-state index in [2.05, 4.69) is 0 Å². The summed E-state index contributed by atoms with van der Waals surface area (Å²) in [5.74, 6) is 0.0351. The summed E-state index contributed by atoms with van der Waals surface area (Å²) in [5, 5.41) is 0. The lowest BCUT2D eigenvalue weighted by atomic mass is 9.91. The summed E-state index contributed by atoms with van der Waals surface area (Å²) in [6, 6.07) is 0. The van der Waals surface area contributed by atoms with Gasteiger partial charge in [-0.05, 0) is 19.3 Å². The molecule has 0 rings (SSSR count). The van der Waals surface area contributed by atoms with Crippen molar-refractivity contribution in [3.63, 3.8) is 0 Å². The molecular formula is C8H18O3S. The standard InChI is InChI=1S/C8H18O3S/c1-6-12(9,10)11-7(2)8(3,4)5/h7H,6H2,1-5H3. The SMILES string of the molecule is CCS(=O)(=O)OC(C)C(C)(C)C. The van der Waals surface area contributed by atoms with Gasteiger partial charge in [0.25, 0.3) is 10.1 Å². The van der Waals surface area contributed by atoms with Gasteiger partial charge < -0.3 is 0 Å². The lowest BCUT2D eigenvalue weighted by Crippen LogP contribution is -2.29. The van der Waals surface area contributed by atoms with Gasteiger partial charge in [0.15, 0.2) is 0 Å². The molecule has 3 nitrogen and oxygen atoms in total. The Morgan fingerprint density at radius 2 is 1.75 bits per heavy atom. The van der Waals surface area contributed by atoms with Gasteiger partial charge in [0, 0.05) is 0 Å². The van der Waals surface area contributed by atoms with Gasteiger partial charge >= 0.3 is 0 Å². The molecule has 0 aromatic rings. The first kappa shape index (κ1) is 11.9. The molecule has 0 aliphatic rings. The van der Waals surface area contributed by atoms with Crippen molar-refractivity contribution >= 4 is 10.1 Å². The highest BCUT2D eigenvalue weighted by Crippen LogP contribution is 2.23. The third-order valence-electron chi connectivity index (χ3n) is 1.86. The molecule has 4 heteroatoms. The largest absolute Gasteiger partial charge is 0.267 e. The van der Waals surface area contributed by atoms with E-state index in [1.165, 1.54) is 0 Å². The van der Waals surface area contributed by atoms with E-state index in [4.69, 9.17) is 4.18 Å². The van der Waals surface area contributed by atoms with E-state index in [-0.39, 0.29) is 17.3 Å². The maximum Gasteiger partial charge on any atom is 0.267 e. The summed E-state index contributed by atoms with van der Waals surface area (Å²) in [6.07, 6.45) is -0.276. The Morgan fingerprint density at radius 3 is 2.00 bits per heavy atom. The average molecular weight is 194 g/mol. The molecule has 0 saturated carbocycles. The fourth-order valence-corrected chi connectivity index (χ4v) is 1.30. The van der Waals surface area contributed by atoms with E-state index in [0.29, 0.717) is 0 Å². The molecule has 0 aromatic heterocycles. The van der Waals surface area contributed by atoms with Crippen LogP contribution in [0.1, 0.15) is 34.6 Å². The minimum absolute atomic E-state index is 0.0351. The minimum atomic E-state index is -3.30. The molecule has 0 amide bonds. The van der Waals surface area contributed by atoms with Crippen LogP contribution >= 0.6 is 0 Å². The Morgan fingerprint density at radius 1 is 1.33 bits per heavy atom. The highest BCUT2D eigenvalue weighted by Gasteiger charge is 2.25. The van der Waals surface area contributed by atoms with Crippen molar-refractivity contribution in [2.75, 3.05) is 5.75 Å². The van der Waals surface area contributed by atoms with Crippen LogP contribution in [0.3, 0.4) is 0 Å². The lowest BCUT2D eigenvalue weighted by molar-refractivity contribution is 0.110. The first-order valence-electron chi connectivity index (χ1n) is 4.10. The third kappa shape index (κ3) is 4.07. The molecule has 74 valence electrons. The second kappa shape index (κ2) is 3.75. The van der Waals surface area contributed by atoms with Crippen molar-refractivity contribution in [1.29, 1.82) is 0 Å². The van der Waals surface area contributed by atoms with Crippen molar-refractivity contribution in [2.24, 2.45) is 5.41 Å². The fraction of sp³-hybridized carbons (Fsp3) is 1.00. The zero-order chi connectivity index (χ0) is 9.99. The first-order valence-corrected chi connectivity index (χ1v) is 5.67. The molecule has 0 bridgehead atoms. The van der Waals surface area contributed by atoms with Crippen LogP contribution in [0.2, 0.25) is 0 Å². The van der Waals surface area contributed by atoms with Crippen molar-refractivity contribution in [3.05, 3.63) is 0 Å². The second-order valence-electron chi connectivity index (χ2n) is 3.95. The van der Waals surface area contributed by atoms with E-state index in [1.807, 2.05) is 20.8 Å². The summed E-state index contributed by atoms with van der Waals surface area (Å²) < 4.78 is 27.0. The van der Waals surface area contributed by atoms with Crippen LogP contribution in [-0.4, -0.2) is 20.3 Å². The van der Waals surface area contributed by atoms with Crippen molar-refractivity contribution in [2.45, 2.75) is 40.7 Å². The van der Waals surface area contributed by atoms with Gasteiger partial charge in [0.2, 0.25) is 0 Å². The van der Waals surface area contributed by atoms with E-state index in [0.717, 1.165) is 0 Å². The minimum Gasteiger partial charge on any atom is -0.267 e. The molecule has 1 unspecified atom stereocenters. The van der Waals surface area contributed by atoms with Crippen LogP contribution in [0, 0.1) is 5.41 Å². The molecular weight excluding hydrogens is 176 g/mol. The summed E-state index contributed by atoms with van der Waals surface area (Å²) in [5.41, 5.74) is -0.137. The van der Waals surface area contributed by atoms with Gasteiger partial charge in [-0.1, -0.05) is 20.8 Å². The van der Waals surface area contributed by atoms with Gasteiger partial charge in [-0.15, -0.1) is 0 Å². The molecule has 0 aromatic carbocycles. The Hall–Kier alpha value is -0.0900. The van der Waals surface area contributed by atoms with Gasteiger partial charge in [-0.2, -0.15) is 8.42 Å². The van der Waals surface area contributed by atoms with Crippen LogP contribution < -0.4 is 0 Å². The number of hydrogen-bond donors (Lipinski definition) is 0. The Bertz CT molecular complexity index is 223. The number of rotatable bonds is 3. The first-order chi connectivity index (χ1) is 5.19. The van der Waals surface area contributed by atoms with E-state index in [1.54, 1.807) is 13.8 Å². The molecule has 0 fully saturated rings. The number of hydrogen-bond acceptors (Lipinski definition) is 3. The van der Waals surface area contributed by atoms with Crippen molar-refractivity contribution < 1.29 is 12.6 Å². The normalized spacial score (nSPS) is 16.1. The van der Waals surface area contributed by atoms with Gasteiger partial charge in [-0.3, -0.25) is 4.18 Å². The average Bonchev–Trinajstić information content (AvgIpc) is 1.85. The van der Waals surface area contributed by atoms with Crippen LogP contribution in [-0.2, 0) is 14.3 Å². The van der Waals surface area contributed by atoms with E-state index >= 15 is 0 Å². The zero-order valence-electron chi connectivity index (χ0n) is 8.42. The molecule has 0 saturated heterocycles. The van der Waals surface area contributed by atoms with E-state index < -0.39 is 10.1 Å². The molecule has 0 N–H and O–H groups in total. The zero-order valence-corrected chi connectivity index (χ0v) is 9.23. The summed E-state index contributed by atoms with van der Waals surface area (Å²) >= 11 is 0. The predicted molar refractivity (Wildman–Crippen MR) is 49.5 cm³/mol. The predicted octanol–water partition coefficient (Wildman–Crippen LogP) is 1.79. The highest BCUT2D eigenvalue weighted by atomic mass is 32.2. The maximum atomic E-state index is 11.0. The Balaban J connectivity index is 4.30. The van der Waals surface area contributed by atoms with Gasteiger partial charge in [-0.25, -0.2) is 0 Å². The molecule has 1 atom stereocenters. The molecule has 0 aliphatic heterocycles. The van der Waals surface area contributed by atoms with Gasteiger partial charge in [0.1, 0.15) is 0 Å². The van der Waals surface area contributed by atoms with Gasteiger partial charge in [0.05, 0.1) is 11.9 Å². The molecule has 0 radical (unpaired) electrons. The second-order valence-corrected chi connectivity index (χ2v) is 5.84. The van der Waals surface area contributed by atoms with Crippen molar-refractivity contribution in [3.8, 4) is 0 Å². The summed E-state index contributed by atoms with van der Waals surface area (Å²) in [4.78, 5) is 0. The molecule has 0 heterocycles. The van der Waals surface area contributed by atoms with Crippen molar-refractivity contribution in [1.82, 2.24) is 0 Å². The highest BCUT2D eigenvalue weighted by molar-refractivity contribution is 7.86. The Kier molecular flexibility index (Phi) is 3.72. The summed E-state index contributed by atoms with van der Waals surface area (Å²) in [6.45, 7) is 9.19. The van der Waals surface area contributed by atoms with Crippen LogP contribution in [0.5, 0.6) is 0 Å². The smallest absolute Gasteiger partial charge is 0.267 e. The van der Waals surface area contributed by atoms with E-state index in [9.17, 15) is 8.42 Å². The van der Waals surface area contributed by atoms with Crippen LogP contribution in [0.4, 0.5) is 0 Å². The Labute approximate surface area is 75.2 Å². The molecule has 0 spiro atoms. The van der Waals surface area contributed by atoms with Crippen LogP contribution in [0.25, 0.3) is 0 Å². The topological polar surface area (TPSA) is 43.4 Å². The quantitative estimate of drug-likeness (QED) is 0.643. The maximum absolute atomic E-state index is 11.0. The molecule has 0 aliphatic carbocycles. The monoisotopic (exact) mass is 194 g/mol. The fourth-order valence-electron chi connectivity index (χ4n) is 0.432. The lowest BCUT2D eigenvalue weighted by Gasteiger charge is -2.26. The summed E-state index contributed by atoms with van der Waals surface area (Å²) in [7, 11) is -3.30. The van der Waals surface area contributed by atoms with Crippen LogP contribution in [0.15, 0.2) is 0 Å². The molecule has 12 heavy (non-hydrogen) atoms. The third-order valence-corrected chi connectivity index (χ3v) is 3.15.